The van der Waals surface area contributed by atoms with Crippen molar-refractivity contribution in [1.29, 1.82) is 5.26 Å². The van der Waals surface area contributed by atoms with Gasteiger partial charge in [-0.05, 0) is 5.41 Å². The van der Waals surface area contributed by atoms with Gasteiger partial charge in [0.2, 0.25) is 5.96 Å². The Kier molecular flexibility index (Phi) is 4.26. The van der Waals surface area contributed by atoms with E-state index in [4.69, 9.17) is 5.26 Å². The molecule has 0 fully saturated rings. The molecular formula is C9H18N4. The second-order valence-corrected chi connectivity index (χ2v) is 4.20. The van der Waals surface area contributed by atoms with E-state index in [0.717, 1.165) is 6.54 Å². The predicted octanol–water partition coefficient (Wildman–Crippen LogP) is 1.02. The molecule has 13 heavy (non-hydrogen) atoms. The smallest absolute Gasteiger partial charge is 0.206 e. The summed E-state index contributed by atoms with van der Waals surface area (Å²) in [5, 5.41) is 11.0. The SMILES string of the molecule is CN=C(NC#N)N(C)CC(C)(C)C. The Labute approximate surface area is 80.3 Å². The maximum Gasteiger partial charge on any atom is 0.206 e. The van der Waals surface area contributed by atoms with Crippen molar-refractivity contribution in [2.45, 2.75) is 20.8 Å². The van der Waals surface area contributed by atoms with Gasteiger partial charge in [0.15, 0.2) is 6.19 Å². The summed E-state index contributed by atoms with van der Waals surface area (Å²) in [6.07, 6.45) is 1.86. The van der Waals surface area contributed by atoms with Crippen LogP contribution >= 0.6 is 0 Å². The fraction of sp³-hybridized carbons (Fsp3) is 0.778. The van der Waals surface area contributed by atoms with E-state index < -0.39 is 0 Å². The zero-order valence-electron chi connectivity index (χ0n) is 9.05. The molecule has 4 heteroatoms. The molecule has 0 bridgehead atoms. The second-order valence-electron chi connectivity index (χ2n) is 4.20. The van der Waals surface area contributed by atoms with E-state index in [0.29, 0.717) is 5.96 Å². The number of hydrogen-bond acceptors (Lipinski definition) is 2. The molecule has 4 nitrogen and oxygen atoms in total. The first-order chi connectivity index (χ1) is 5.90. The van der Waals surface area contributed by atoms with Gasteiger partial charge in [0.1, 0.15) is 0 Å². The molecule has 0 unspecified atom stereocenters. The van der Waals surface area contributed by atoms with Gasteiger partial charge in [-0.15, -0.1) is 0 Å². The molecule has 0 aromatic rings. The van der Waals surface area contributed by atoms with E-state index in [1.54, 1.807) is 7.05 Å². The van der Waals surface area contributed by atoms with Gasteiger partial charge in [-0.25, -0.2) is 0 Å². The van der Waals surface area contributed by atoms with E-state index in [-0.39, 0.29) is 5.41 Å². The van der Waals surface area contributed by atoms with E-state index in [2.05, 4.69) is 31.1 Å². The summed E-state index contributed by atoms with van der Waals surface area (Å²) < 4.78 is 0. The second kappa shape index (κ2) is 4.70. The average molecular weight is 182 g/mol. The van der Waals surface area contributed by atoms with Crippen LogP contribution in [0.25, 0.3) is 0 Å². The van der Waals surface area contributed by atoms with E-state index in [9.17, 15) is 0 Å². The molecular weight excluding hydrogens is 164 g/mol. The quantitative estimate of drug-likeness (QED) is 0.285. The van der Waals surface area contributed by atoms with E-state index in [1.807, 2.05) is 18.1 Å². The maximum atomic E-state index is 8.45. The largest absolute Gasteiger partial charge is 0.345 e. The van der Waals surface area contributed by atoms with Crippen molar-refractivity contribution in [3.8, 4) is 6.19 Å². The van der Waals surface area contributed by atoms with Crippen LogP contribution in [0.3, 0.4) is 0 Å². The van der Waals surface area contributed by atoms with Crippen molar-refractivity contribution in [1.82, 2.24) is 10.2 Å². The predicted molar refractivity (Wildman–Crippen MR) is 54.2 cm³/mol. The monoisotopic (exact) mass is 182 g/mol. The summed E-state index contributed by atoms with van der Waals surface area (Å²) in [4.78, 5) is 5.90. The first-order valence-electron chi connectivity index (χ1n) is 4.24. The fourth-order valence-electron chi connectivity index (χ4n) is 1.16. The lowest BCUT2D eigenvalue weighted by Crippen LogP contribution is -2.40. The number of nitrogens with zero attached hydrogens (tertiary/aromatic N) is 3. The van der Waals surface area contributed by atoms with Crippen LogP contribution in [0, 0.1) is 16.9 Å². The molecule has 0 atom stereocenters. The van der Waals surface area contributed by atoms with Crippen molar-refractivity contribution >= 4 is 5.96 Å². The Morgan fingerprint density at radius 2 is 2.08 bits per heavy atom. The van der Waals surface area contributed by atoms with Crippen molar-refractivity contribution in [2.75, 3.05) is 20.6 Å². The van der Waals surface area contributed by atoms with Crippen molar-refractivity contribution in [2.24, 2.45) is 10.4 Å². The zero-order valence-corrected chi connectivity index (χ0v) is 9.05. The van der Waals surface area contributed by atoms with Crippen LogP contribution in [0.1, 0.15) is 20.8 Å². The molecule has 0 saturated carbocycles. The summed E-state index contributed by atoms with van der Waals surface area (Å²) in [5.41, 5.74) is 0.196. The molecule has 0 rings (SSSR count). The Hall–Kier alpha value is -1.24. The molecule has 0 radical (unpaired) electrons. The molecule has 0 amide bonds. The average Bonchev–Trinajstić information content (AvgIpc) is 1.96. The minimum Gasteiger partial charge on any atom is -0.345 e. The Bertz CT molecular complexity index is 219. The molecule has 0 aliphatic rings. The Morgan fingerprint density at radius 3 is 2.38 bits per heavy atom. The van der Waals surface area contributed by atoms with Gasteiger partial charge in [0.05, 0.1) is 0 Å². The highest BCUT2D eigenvalue weighted by molar-refractivity contribution is 5.80. The lowest BCUT2D eigenvalue weighted by Gasteiger charge is -2.27. The third-order valence-corrected chi connectivity index (χ3v) is 1.45. The summed E-state index contributed by atoms with van der Waals surface area (Å²) in [5.74, 6) is 0.609. The van der Waals surface area contributed by atoms with Crippen LogP contribution in [-0.2, 0) is 0 Å². The van der Waals surface area contributed by atoms with E-state index >= 15 is 0 Å². The molecule has 0 saturated heterocycles. The van der Waals surface area contributed by atoms with Crippen LogP contribution in [0.15, 0.2) is 4.99 Å². The molecule has 0 aromatic carbocycles. The number of guanidine groups is 1. The van der Waals surface area contributed by atoms with Gasteiger partial charge in [0.25, 0.3) is 0 Å². The van der Waals surface area contributed by atoms with Crippen LogP contribution in [0.4, 0.5) is 0 Å². The summed E-state index contributed by atoms with van der Waals surface area (Å²) >= 11 is 0. The lowest BCUT2D eigenvalue weighted by atomic mass is 9.96. The minimum absolute atomic E-state index is 0.196. The summed E-state index contributed by atoms with van der Waals surface area (Å²) in [7, 11) is 3.58. The Balaban J connectivity index is 4.25. The Morgan fingerprint density at radius 1 is 1.54 bits per heavy atom. The van der Waals surface area contributed by atoms with Gasteiger partial charge >= 0.3 is 0 Å². The number of aliphatic imine (C=N–C) groups is 1. The molecule has 0 heterocycles. The van der Waals surface area contributed by atoms with Crippen LogP contribution in [0.5, 0.6) is 0 Å². The molecule has 0 aliphatic heterocycles. The fourth-order valence-corrected chi connectivity index (χ4v) is 1.16. The summed E-state index contributed by atoms with van der Waals surface area (Å²) in [6.45, 7) is 7.28. The minimum atomic E-state index is 0.196. The number of hydrogen-bond donors (Lipinski definition) is 1. The van der Waals surface area contributed by atoms with Gasteiger partial charge in [-0.2, -0.15) is 5.26 Å². The number of nitrogens with one attached hydrogen (secondary N) is 1. The van der Waals surface area contributed by atoms with Crippen molar-refractivity contribution < 1.29 is 0 Å². The summed E-state index contributed by atoms with van der Waals surface area (Å²) in [6, 6.07) is 0. The van der Waals surface area contributed by atoms with Gasteiger partial charge in [-0.1, -0.05) is 20.8 Å². The number of rotatable bonds is 1. The molecule has 1 N–H and O–H groups in total. The van der Waals surface area contributed by atoms with Gasteiger partial charge in [-0.3, -0.25) is 10.3 Å². The standard InChI is InChI=1S/C9H18N4/c1-9(2,3)6-13(5)8(11-4)12-7-10/h6H2,1-5H3,(H,11,12). The van der Waals surface area contributed by atoms with Gasteiger partial charge < -0.3 is 4.90 Å². The van der Waals surface area contributed by atoms with E-state index in [1.165, 1.54) is 0 Å². The maximum absolute atomic E-state index is 8.45. The topological polar surface area (TPSA) is 51.4 Å². The van der Waals surface area contributed by atoms with Crippen LogP contribution < -0.4 is 5.32 Å². The highest BCUT2D eigenvalue weighted by Gasteiger charge is 2.15. The van der Waals surface area contributed by atoms with Crippen LogP contribution in [-0.4, -0.2) is 31.5 Å². The molecule has 0 aliphatic carbocycles. The molecule has 0 spiro atoms. The first-order valence-corrected chi connectivity index (χ1v) is 4.24. The van der Waals surface area contributed by atoms with Crippen molar-refractivity contribution in [3.63, 3.8) is 0 Å². The lowest BCUT2D eigenvalue weighted by molar-refractivity contribution is 0.302. The van der Waals surface area contributed by atoms with Gasteiger partial charge in [0, 0.05) is 20.6 Å². The zero-order chi connectivity index (χ0) is 10.5. The first kappa shape index (κ1) is 11.8. The third kappa shape index (κ3) is 5.07. The molecule has 74 valence electrons. The van der Waals surface area contributed by atoms with Crippen molar-refractivity contribution in [3.05, 3.63) is 0 Å². The highest BCUT2D eigenvalue weighted by Crippen LogP contribution is 2.13. The number of nitriles is 1. The highest BCUT2D eigenvalue weighted by atomic mass is 15.3. The van der Waals surface area contributed by atoms with Crippen LogP contribution in [0.2, 0.25) is 0 Å². The normalized spacial score (nSPS) is 12.2. The molecule has 0 aromatic heterocycles. The third-order valence-electron chi connectivity index (χ3n) is 1.45.